The molecule has 4 heterocycles. The molecule has 0 aromatic heterocycles. The van der Waals surface area contributed by atoms with Crippen LogP contribution in [0.3, 0.4) is 0 Å². The van der Waals surface area contributed by atoms with Gasteiger partial charge < -0.3 is 58.4 Å². The minimum Gasteiger partial charge on any atom is -0.373 e. The molecule has 19 atom stereocenters. The van der Waals surface area contributed by atoms with E-state index < -0.39 is 55.0 Å². The summed E-state index contributed by atoms with van der Waals surface area (Å²) in [6.07, 6.45) is -2.29. The zero-order chi connectivity index (χ0) is 48.8. The van der Waals surface area contributed by atoms with Gasteiger partial charge in [0.1, 0.15) is 24.4 Å². The van der Waals surface area contributed by atoms with Crippen molar-refractivity contribution in [2.45, 2.75) is 160 Å². The number of ether oxygens (including phenoxy) is 10. The van der Waals surface area contributed by atoms with Crippen LogP contribution in [-0.2, 0) is 73.8 Å². The third kappa shape index (κ3) is 11.3. The van der Waals surface area contributed by atoms with Gasteiger partial charge in [0.15, 0.2) is 18.4 Å². The lowest BCUT2D eigenvalue weighted by atomic mass is 9.76. The molecule has 19 unspecified atom stereocenters. The zero-order valence-corrected chi connectivity index (χ0v) is 41.8. The highest BCUT2D eigenvalue weighted by Crippen LogP contribution is 2.46. The Hall–Kier alpha value is -3.86. The number of rotatable bonds is 20. The van der Waals surface area contributed by atoms with E-state index in [1.54, 1.807) is 0 Å². The Balaban J connectivity index is 0.949. The first-order valence-electron chi connectivity index (χ1n) is 25.7. The fraction of sp³-hybridized carbons (Fsp3) is 0.552. The van der Waals surface area contributed by atoms with E-state index in [1.165, 1.54) is 0 Å². The molecule has 70 heavy (non-hydrogen) atoms. The molecule has 4 aromatic carbocycles. The summed E-state index contributed by atoms with van der Waals surface area (Å²) >= 11 is 0. The molecule has 12 nitrogen and oxygen atoms in total. The van der Waals surface area contributed by atoms with Gasteiger partial charge in [0.05, 0.1) is 75.6 Å². The van der Waals surface area contributed by atoms with Crippen LogP contribution in [0.5, 0.6) is 0 Å². The molecule has 4 saturated heterocycles. The summed E-state index contributed by atoms with van der Waals surface area (Å²) in [4.78, 5) is 0. The molecule has 0 bridgehead atoms. The van der Waals surface area contributed by atoms with Crippen LogP contribution in [0.15, 0.2) is 134 Å². The van der Waals surface area contributed by atoms with Gasteiger partial charge in [-0.1, -0.05) is 162 Å². The molecule has 5 aliphatic rings. The number of hydrogen-bond acceptors (Lipinski definition) is 12. The highest BCUT2D eigenvalue weighted by atomic mass is 16.8. The summed E-state index contributed by atoms with van der Waals surface area (Å²) < 4.78 is 69.6. The van der Waals surface area contributed by atoms with Crippen LogP contribution in [0.1, 0.15) is 70.2 Å². The van der Waals surface area contributed by atoms with Crippen molar-refractivity contribution in [1.82, 2.24) is 5.32 Å². The summed E-state index contributed by atoms with van der Waals surface area (Å²) in [5, 5.41) is 3.63. The predicted octanol–water partition coefficient (Wildman–Crippen LogP) is 8.75. The molecule has 12 heteroatoms. The van der Waals surface area contributed by atoms with Gasteiger partial charge in [-0.2, -0.15) is 0 Å². The maximum absolute atomic E-state index is 7.33. The minimum absolute atomic E-state index is 0.0609. The van der Waals surface area contributed by atoms with Crippen molar-refractivity contribution in [2.24, 2.45) is 35.3 Å². The van der Waals surface area contributed by atoms with Gasteiger partial charge in [-0.05, 0) is 47.4 Å². The standard InChI is InChI=1S/C58H76N2O10/c1-8-46-52(63-33-44-25-17-11-18-26-44)54(64-34-45-27-19-12-20-28-45)55-58(69-46,35-60-55)70-51-40(6)56(65-41(51)7)68-53-48(61-31-42-21-13-9-14-22-42)36(2)29-37(3)49(53)67-57-39(5)50(38(4)47(30-59)66-57)62-32-43-23-15-10-16-24-43/h8-28,36-41,46-57,60H,1,29-35,59H2,2-7H3. The molecule has 4 aliphatic heterocycles. The Labute approximate surface area is 415 Å². The minimum atomic E-state index is -1.04. The van der Waals surface area contributed by atoms with Crippen molar-refractivity contribution < 1.29 is 47.4 Å². The average molecular weight is 961 g/mol. The van der Waals surface area contributed by atoms with Gasteiger partial charge in [-0.25, -0.2) is 0 Å². The van der Waals surface area contributed by atoms with Gasteiger partial charge in [-0.3, -0.25) is 0 Å². The van der Waals surface area contributed by atoms with Crippen LogP contribution in [0.2, 0.25) is 0 Å². The number of nitrogens with two attached hydrogens (primary N) is 1. The van der Waals surface area contributed by atoms with Gasteiger partial charge in [0.2, 0.25) is 0 Å². The van der Waals surface area contributed by atoms with Crippen molar-refractivity contribution in [1.29, 1.82) is 0 Å². The van der Waals surface area contributed by atoms with Crippen LogP contribution in [-0.4, -0.2) is 98.5 Å². The summed E-state index contributed by atoms with van der Waals surface area (Å²) in [7, 11) is 0. The molecule has 0 spiro atoms. The Bertz CT molecular complexity index is 2210. The van der Waals surface area contributed by atoms with Crippen LogP contribution < -0.4 is 11.1 Å². The zero-order valence-electron chi connectivity index (χ0n) is 41.8. The first-order chi connectivity index (χ1) is 34.1. The van der Waals surface area contributed by atoms with E-state index in [4.69, 9.17) is 53.1 Å². The van der Waals surface area contributed by atoms with Gasteiger partial charge in [0, 0.05) is 24.3 Å². The molecule has 0 radical (unpaired) electrons. The Kier molecular flexibility index (Phi) is 17.0. The summed E-state index contributed by atoms with van der Waals surface area (Å²) in [6, 6.07) is 40.6. The fourth-order valence-electron chi connectivity index (χ4n) is 11.5. The number of nitrogens with one attached hydrogen (secondary N) is 1. The first kappa shape index (κ1) is 51.1. The van der Waals surface area contributed by atoms with Gasteiger partial charge >= 0.3 is 0 Å². The Morgan fingerprint density at radius 3 is 1.51 bits per heavy atom. The molecule has 5 fully saturated rings. The number of benzene rings is 4. The predicted molar refractivity (Wildman–Crippen MR) is 267 cm³/mol. The van der Waals surface area contributed by atoms with Crippen LogP contribution in [0, 0.1) is 29.6 Å². The molecule has 1 aliphatic carbocycles. The Morgan fingerprint density at radius 1 is 0.557 bits per heavy atom. The molecule has 0 amide bonds. The normalized spacial score (nSPS) is 38.4. The van der Waals surface area contributed by atoms with Gasteiger partial charge in [-0.15, -0.1) is 6.58 Å². The molecule has 1 saturated carbocycles. The summed E-state index contributed by atoms with van der Waals surface area (Å²) in [5.74, 6) is -1.03. The largest absolute Gasteiger partial charge is 0.373 e. The van der Waals surface area contributed by atoms with E-state index in [0.29, 0.717) is 39.5 Å². The van der Waals surface area contributed by atoms with E-state index in [0.717, 1.165) is 28.7 Å². The van der Waals surface area contributed by atoms with E-state index >= 15 is 0 Å². The molecule has 9 rings (SSSR count). The maximum atomic E-state index is 7.33. The fourth-order valence-corrected chi connectivity index (χ4v) is 11.5. The monoisotopic (exact) mass is 961 g/mol. The highest BCUT2D eigenvalue weighted by molar-refractivity contribution is 5.19. The van der Waals surface area contributed by atoms with Crippen molar-refractivity contribution in [3.8, 4) is 0 Å². The second kappa shape index (κ2) is 23.3. The van der Waals surface area contributed by atoms with Crippen LogP contribution >= 0.6 is 0 Å². The van der Waals surface area contributed by atoms with Crippen molar-refractivity contribution >= 4 is 0 Å². The molecule has 378 valence electrons. The average Bonchev–Trinajstić information content (AvgIpc) is 3.63. The molecular weight excluding hydrogens is 885 g/mol. The van der Waals surface area contributed by atoms with Crippen molar-refractivity contribution in [3.05, 3.63) is 156 Å². The van der Waals surface area contributed by atoms with Crippen LogP contribution in [0.4, 0.5) is 0 Å². The maximum Gasteiger partial charge on any atom is 0.200 e. The lowest BCUT2D eigenvalue weighted by Gasteiger charge is -2.59. The van der Waals surface area contributed by atoms with E-state index in [2.05, 4.69) is 102 Å². The van der Waals surface area contributed by atoms with Crippen molar-refractivity contribution in [3.63, 3.8) is 0 Å². The molecular formula is C58H76N2O10. The van der Waals surface area contributed by atoms with E-state index in [1.807, 2.05) is 78.9 Å². The molecule has 3 N–H and O–H groups in total. The topological polar surface area (TPSA) is 130 Å². The SMILES string of the molecule is C=CC1OC2(OC3C(C)OC(OC4C(OCc5ccccc5)C(C)CC(C)C4OC4OC(CN)C(C)C(OCc5ccccc5)C4C)C3C)CNC2C(OCc2ccccc2)C1OCc1ccccc1. The third-order valence-corrected chi connectivity index (χ3v) is 15.5. The second-order valence-electron chi connectivity index (χ2n) is 20.6. The second-order valence-corrected chi connectivity index (χ2v) is 20.6. The van der Waals surface area contributed by atoms with Crippen molar-refractivity contribution in [2.75, 3.05) is 13.1 Å². The van der Waals surface area contributed by atoms with Crippen LogP contribution in [0.25, 0.3) is 0 Å². The quantitative estimate of drug-likeness (QED) is 0.0822. The lowest BCUT2D eigenvalue weighted by molar-refractivity contribution is -0.377. The first-order valence-corrected chi connectivity index (χ1v) is 25.7. The summed E-state index contributed by atoms with van der Waals surface area (Å²) in [6.45, 7) is 19.7. The van der Waals surface area contributed by atoms with E-state index in [-0.39, 0.29) is 60.0 Å². The number of fused-ring (bicyclic) bond motifs is 1. The number of hydrogen-bond donors (Lipinski definition) is 2. The highest BCUT2D eigenvalue weighted by Gasteiger charge is 2.64. The summed E-state index contributed by atoms with van der Waals surface area (Å²) in [5.41, 5.74) is 10.7. The van der Waals surface area contributed by atoms with Gasteiger partial charge in [0.25, 0.3) is 0 Å². The van der Waals surface area contributed by atoms with E-state index in [9.17, 15) is 0 Å². The lowest BCUT2D eigenvalue weighted by Crippen LogP contribution is -2.81. The third-order valence-electron chi connectivity index (χ3n) is 15.5. The smallest absolute Gasteiger partial charge is 0.200 e. The Morgan fingerprint density at radius 2 is 1.01 bits per heavy atom. The molecule has 4 aromatic rings.